The van der Waals surface area contributed by atoms with E-state index in [1.165, 1.54) is 24.5 Å². The Morgan fingerprint density at radius 2 is 2.13 bits per heavy atom. The van der Waals surface area contributed by atoms with Gasteiger partial charge in [-0.2, -0.15) is 9.83 Å². The molecule has 1 aromatic heterocycles. The lowest BCUT2D eigenvalue weighted by molar-refractivity contribution is -0.605. The number of nitrogens with one attached hydrogen (secondary N) is 1. The van der Waals surface area contributed by atoms with Crippen LogP contribution in [0.3, 0.4) is 0 Å². The molecule has 0 saturated carbocycles. The number of aromatic nitrogens is 1. The second-order valence-electron chi connectivity index (χ2n) is 3.41. The van der Waals surface area contributed by atoms with Crippen molar-refractivity contribution < 1.29 is 9.52 Å². The average Bonchev–Trinajstić information content (AvgIpc) is 2.18. The van der Waals surface area contributed by atoms with Crippen molar-refractivity contribution >= 4 is 12.1 Å². The van der Waals surface area contributed by atoms with Crippen molar-refractivity contribution in [2.75, 3.05) is 0 Å². The average molecular weight is 207 g/mol. The van der Waals surface area contributed by atoms with Gasteiger partial charge < -0.3 is 5.21 Å². The van der Waals surface area contributed by atoms with Gasteiger partial charge in [0.25, 0.3) is 5.91 Å². The minimum Gasteiger partial charge on any atom is -0.619 e. The smallest absolute Gasteiger partial charge is 0.271 e. The van der Waals surface area contributed by atoms with Gasteiger partial charge >= 0.3 is 0 Å². The van der Waals surface area contributed by atoms with Crippen LogP contribution in [0.25, 0.3) is 0 Å². The van der Waals surface area contributed by atoms with E-state index in [2.05, 4.69) is 10.5 Å². The summed E-state index contributed by atoms with van der Waals surface area (Å²) < 4.78 is 0.619. The molecule has 1 heterocycles. The summed E-state index contributed by atoms with van der Waals surface area (Å²) in [6.45, 7) is 3.91. The van der Waals surface area contributed by atoms with Crippen LogP contribution in [0, 0.1) is 11.1 Å². The third-order valence-electron chi connectivity index (χ3n) is 1.60. The molecular weight excluding hydrogens is 194 g/mol. The molecule has 0 atom stereocenters. The number of nitrogens with zero attached hydrogens (tertiary/aromatic N) is 2. The molecule has 0 spiro atoms. The van der Waals surface area contributed by atoms with E-state index < -0.39 is 0 Å². The molecule has 15 heavy (non-hydrogen) atoms. The lowest BCUT2D eigenvalue weighted by atomic mass is 10.2. The predicted octanol–water partition coefficient (Wildman–Crippen LogP) is 0.692. The maximum absolute atomic E-state index is 11.4. The van der Waals surface area contributed by atoms with E-state index in [9.17, 15) is 10.0 Å². The Kier molecular flexibility index (Phi) is 3.79. The van der Waals surface area contributed by atoms with Crippen molar-refractivity contribution in [1.82, 2.24) is 5.43 Å². The molecule has 80 valence electrons. The zero-order chi connectivity index (χ0) is 11.3. The van der Waals surface area contributed by atoms with E-state index in [1.54, 1.807) is 6.21 Å². The summed E-state index contributed by atoms with van der Waals surface area (Å²) in [7, 11) is 0. The molecule has 0 aliphatic carbocycles. The Balaban J connectivity index is 2.58. The minimum atomic E-state index is -0.326. The number of hydrogen-bond acceptors (Lipinski definition) is 3. The Morgan fingerprint density at radius 3 is 2.67 bits per heavy atom. The van der Waals surface area contributed by atoms with Gasteiger partial charge in [-0.05, 0) is 5.92 Å². The van der Waals surface area contributed by atoms with Crippen molar-refractivity contribution in [2.24, 2.45) is 11.0 Å². The summed E-state index contributed by atoms with van der Waals surface area (Å²) in [5.74, 6) is -0.0441. The van der Waals surface area contributed by atoms with Crippen molar-refractivity contribution in [3.05, 3.63) is 35.3 Å². The van der Waals surface area contributed by atoms with E-state index in [0.29, 0.717) is 10.3 Å². The first-order chi connectivity index (χ1) is 7.09. The number of rotatable bonds is 3. The van der Waals surface area contributed by atoms with E-state index >= 15 is 0 Å². The van der Waals surface area contributed by atoms with E-state index in [4.69, 9.17) is 0 Å². The Morgan fingerprint density at radius 1 is 1.53 bits per heavy atom. The molecule has 1 aromatic rings. The highest BCUT2D eigenvalue weighted by atomic mass is 16.5. The maximum Gasteiger partial charge on any atom is 0.271 e. The number of hydrogen-bond donors (Lipinski definition) is 1. The first kappa shape index (κ1) is 11.2. The summed E-state index contributed by atoms with van der Waals surface area (Å²) in [5.41, 5.74) is 2.77. The van der Waals surface area contributed by atoms with Crippen LogP contribution in [0.4, 0.5) is 0 Å². The largest absolute Gasteiger partial charge is 0.619 e. The molecule has 0 bridgehead atoms. The monoisotopic (exact) mass is 207 g/mol. The summed E-state index contributed by atoms with van der Waals surface area (Å²) in [4.78, 5) is 11.4. The van der Waals surface area contributed by atoms with Crippen LogP contribution in [0.5, 0.6) is 0 Å². The summed E-state index contributed by atoms with van der Waals surface area (Å²) in [5, 5.41) is 14.5. The number of carbonyl (C=O) groups excluding carboxylic acids is 1. The van der Waals surface area contributed by atoms with Crippen LogP contribution >= 0.6 is 0 Å². The van der Waals surface area contributed by atoms with Crippen molar-refractivity contribution in [3.8, 4) is 0 Å². The van der Waals surface area contributed by atoms with Gasteiger partial charge in [-0.15, -0.1) is 0 Å². The fraction of sp³-hybridized carbons (Fsp3) is 0.300. The number of hydrazone groups is 1. The molecule has 0 saturated heterocycles. The zero-order valence-corrected chi connectivity index (χ0v) is 8.68. The fourth-order valence-electron chi connectivity index (χ4n) is 0.874. The molecule has 1 amide bonds. The fourth-order valence-corrected chi connectivity index (χ4v) is 0.874. The van der Waals surface area contributed by atoms with Crippen LogP contribution in [0.15, 0.2) is 29.6 Å². The zero-order valence-electron chi connectivity index (χ0n) is 8.68. The molecule has 0 aliphatic rings. The minimum absolute atomic E-state index is 0.282. The van der Waals surface area contributed by atoms with Crippen LogP contribution in [0.1, 0.15) is 24.2 Å². The van der Waals surface area contributed by atoms with E-state index in [-0.39, 0.29) is 11.8 Å². The highest BCUT2D eigenvalue weighted by molar-refractivity contribution is 5.94. The predicted molar refractivity (Wildman–Crippen MR) is 56.2 cm³/mol. The van der Waals surface area contributed by atoms with Gasteiger partial charge in [-0.1, -0.05) is 13.8 Å². The van der Waals surface area contributed by atoms with E-state index in [0.717, 1.165) is 0 Å². The molecule has 0 radical (unpaired) electrons. The van der Waals surface area contributed by atoms with Crippen LogP contribution in [-0.2, 0) is 0 Å². The van der Waals surface area contributed by atoms with Crippen LogP contribution in [0.2, 0.25) is 0 Å². The molecule has 0 fully saturated rings. The van der Waals surface area contributed by atoms with Gasteiger partial charge in [0.15, 0.2) is 12.4 Å². The number of carbonyl (C=O) groups is 1. The van der Waals surface area contributed by atoms with Gasteiger partial charge in [0.1, 0.15) is 0 Å². The standard InChI is InChI=1S/C10H13N3O2/c1-8(2)7-11-12-10(14)9-3-5-13(15)6-4-9/h3-8H,1-2H3,(H,12,14)/b11-7+. The summed E-state index contributed by atoms with van der Waals surface area (Å²) in [6.07, 6.45) is 4.16. The maximum atomic E-state index is 11.4. The molecule has 1 N–H and O–H groups in total. The Hall–Kier alpha value is -1.91. The molecule has 5 nitrogen and oxygen atoms in total. The molecule has 0 aliphatic heterocycles. The second kappa shape index (κ2) is 5.09. The molecule has 5 heteroatoms. The highest BCUT2D eigenvalue weighted by Crippen LogP contribution is 1.94. The van der Waals surface area contributed by atoms with Gasteiger partial charge in [0.2, 0.25) is 0 Å². The number of pyridine rings is 1. The third-order valence-corrected chi connectivity index (χ3v) is 1.60. The normalized spacial score (nSPS) is 10.9. The summed E-state index contributed by atoms with van der Waals surface area (Å²) in [6, 6.07) is 2.88. The van der Waals surface area contributed by atoms with Gasteiger partial charge in [0.05, 0.1) is 5.56 Å². The lowest BCUT2D eigenvalue weighted by Crippen LogP contribution is -2.26. The first-order valence-electron chi connectivity index (χ1n) is 4.62. The Bertz CT molecular complexity index is 357. The lowest BCUT2D eigenvalue weighted by Gasteiger charge is -2.00. The number of amides is 1. The van der Waals surface area contributed by atoms with Crippen LogP contribution < -0.4 is 10.2 Å². The van der Waals surface area contributed by atoms with Crippen LogP contribution in [-0.4, -0.2) is 12.1 Å². The second-order valence-corrected chi connectivity index (χ2v) is 3.41. The van der Waals surface area contributed by atoms with Crippen molar-refractivity contribution in [1.29, 1.82) is 0 Å². The van der Waals surface area contributed by atoms with Gasteiger partial charge in [-0.3, -0.25) is 4.79 Å². The molecule has 1 rings (SSSR count). The molecule has 0 aromatic carbocycles. The molecular formula is C10H13N3O2. The van der Waals surface area contributed by atoms with Gasteiger partial charge in [-0.25, -0.2) is 5.43 Å². The van der Waals surface area contributed by atoms with Crippen molar-refractivity contribution in [2.45, 2.75) is 13.8 Å². The van der Waals surface area contributed by atoms with Crippen molar-refractivity contribution in [3.63, 3.8) is 0 Å². The van der Waals surface area contributed by atoms with E-state index in [1.807, 2.05) is 13.8 Å². The molecule has 0 unspecified atom stereocenters. The Labute approximate surface area is 88.0 Å². The summed E-state index contributed by atoms with van der Waals surface area (Å²) >= 11 is 0. The quantitative estimate of drug-likeness (QED) is 0.343. The van der Waals surface area contributed by atoms with Gasteiger partial charge in [0, 0.05) is 18.3 Å². The topological polar surface area (TPSA) is 68.4 Å². The highest BCUT2D eigenvalue weighted by Gasteiger charge is 2.04. The SMILES string of the molecule is CC(C)/C=N/NC(=O)c1cc[n+]([O-])cc1. The third kappa shape index (κ3) is 3.76. The first-order valence-corrected chi connectivity index (χ1v) is 4.62.